The van der Waals surface area contributed by atoms with E-state index in [2.05, 4.69) is 9.84 Å². The van der Waals surface area contributed by atoms with Crippen molar-refractivity contribution < 1.29 is 19.1 Å². The van der Waals surface area contributed by atoms with Crippen molar-refractivity contribution in [1.29, 1.82) is 0 Å². The maximum atomic E-state index is 12.6. The first-order chi connectivity index (χ1) is 14.5. The van der Waals surface area contributed by atoms with Crippen LogP contribution in [0.25, 0.3) is 15.9 Å². The third kappa shape index (κ3) is 3.81. The fraction of sp³-hybridized carbons (Fsp3) is 0.136. The SMILES string of the molecule is COC(=O)c1ccc(COC(=O)c2cc3c(C)nn(-c4ccccc4Cl)c3s2)cc1. The number of aromatic nitrogens is 2. The summed E-state index contributed by atoms with van der Waals surface area (Å²) in [6, 6.07) is 15.9. The highest BCUT2D eigenvalue weighted by Gasteiger charge is 2.19. The van der Waals surface area contributed by atoms with Crippen molar-refractivity contribution in [3.8, 4) is 5.69 Å². The lowest BCUT2D eigenvalue weighted by Crippen LogP contribution is -2.04. The number of ether oxygens (including phenoxy) is 2. The summed E-state index contributed by atoms with van der Waals surface area (Å²) >= 11 is 7.63. The summed E-state index contributed by atoms with van der Waals surface area (Å²) in [5.41, 5.74) is 2.77. The molecule has 0 saturated heterocycles. The van der Waals surface area contributed by atoms with Crippen LogP contribution in [0.3, 0.4) is 0 Å². The molecule has 8 heteroatoms. The average molecular weight is 441 g/mol. The Kier molecular flexibility index (Phi) is 5.57. The molecule has 152 valence electrons. The number of hydrogen-bond donors (Lipinski definition) is 0. The molecule has 0 unspecified atom stereocenters. The van der Waals surface area contributed by atoms with Gasteiger partial charge in [-0.25, -0.2) is 14.3 Å². The van der Waals surface area contributed by atoms with Crippen LogP contribution < -0.4 is 0 Å². The molecule has 0 atom stereocenters. The van der Waals surface area contributed by atoms with Gasteiger partial charge >= 0.3 is 11.9 Å². The molecule has 0 aliphatic heterocycles. The molecule has 0 bridgehead atoms. The van der Waals surface area contributed by atoms with Crippen molar-refractivity contribution in [3.63, 3.8) is 0 Å². The maximum absolute atomic E-state index is 12.6. The summed E-state index contributed by atoms with van der Waals surface area (Å²) < 4.78 is 11.9. The minimum absolute atomic E-state index is 0.101. The Balaban J connectivity index is 1.54. The fourth-order valence-corrected chi connectivity index (χ4v) is 4.29. The normalized spacial score (nSPS) is 10.9. The fourth-order valence-electron chi connectivity index (χ4n) is 3.01. The smallest absolute Gasteiger partial charge is 0.348 e. The largest absolute Gasteiger partial charge is 0.465 e. The third-order valence-corrected chi connectivity index (χ3v) is 5.98. The molecule has 4 rings (SSSR count). The number of carbonyl (C=O) groups excluding carboxylic acids is 2. The molecule has 30 heavy (non-hydrogen) atoms. The predicted octanol–water partition coefficient (Wildman–Crippen LogP) is 5.19. The van der Waals surface area contributed by atoms with Crippen LogP contribution in [0.5, 0.6) is 0 Å². The van der Waals surface area contributed by atoms with Gasteiger partial charge in [0.25, 0.3) is 0 Å². The standard InChI is InChI=1S/C22H17ClN2O4S/c1-13-16-11-19(30-20(16)25(24-13)18-6-4-3-5-17(18)23)22(27)29-12-14-7-9-15(10-8-14)21(26)28-2/h3-11H,12H2,1-2H3. The van der Waals surface area contributed by atoms with Gasteiger partial charge in [0, 0.05) is 5.39 Å². The van der Waals surface area contributed by atoms with Gasteiger partial charge in [-0.2, -0.15) is 5.10 Å². The molecule has 2 heterocycles. The van der Waals surface area contributed by atoms with Crippen LogP contribution >= 0.6 is 22.9 Å². The van der Waals surface area contributed by atoms with E-state index in [-0.39, 0.29) is 6.61 Å². The van der Waals surface area contributed by atoms with Crippen LogP contribution in [0.4, 0.5) is 0 Å². The molecule has 6 nitrogen and oxygen atoms in total. The van der Waals surface area contributed by atoms with E-state index >= 15 is 0 Å². The Hall–Kier alpha value is -3.16. The van der Waals surface area contributed by atoms with Gasteiger partial charge in [-0.3, -0.25) is 0 Å². The first-order valence-corrected chi connectivity index (χ1v) is 10.3. The van der Waals surface area contributed by atoms with Gasteiger partial charge < -0.3 is 9.47 Å². The third-order valence-electron chi connectivity index (χ3n) is 4.57. The lowest BCUT2D eigenvalue weighted by molar-refractivity contribution is 0.0477. The maximum Gasteiger partial charge on any atom is 0.348 e. The monoisotopic (exact) mass is 440 g/mol. The molecule has 2 aromatic carbocycles. The highest BCUT2D eigenvalue weighted by molar-refractivity contribution is 7.20. The second kappa shape index (κ2) is 8.30. The number of thiophene rings is 1. The summed E-state index contributed by atoms with van der Waals surface area (Å²) in [6.07, 6.45) is 0. The van der Waals surface area contributed by atoms with Crippen molar-refractivity contribution in [2.24, 2.45) is 0 Å². The number of nitrogens with zero attached hydrogens (tertiary/aromatic N) is 2. The zero-order chi connectivity index (χ0) is 21.3. The van der Waals surface area contributed by atoms with E-state index in [1.807, 2.05) is 25.1 Å². The van der Waals surface area contributed by atoms with E-state index < -0.39 is 11.9 Å². The predicted molar refractivity (Wildman–Crippen MR) is 116 cm³/mol. The summed E-state index contributed by atoms with van der Waals surface area (Å²) in [6.45, 7) is 1.99. The van der Waals surface area contributed by atoms with Crippen molar-refractivity contribution >= 4 is 45.1 Å². The van der Waals surface area contributed by atoms with E-state index in [4.69, 9.17) is 16.3 Å². The van der Waals surface area contributed by atoms with Crippen LogP contribution in [-0.4, -0.2) is 28.8 Å². The molecular formula is C22H17ClN2O4S. The van der Waals surface area contributed by atoms with Crippen LogP contribution in [-0.2, 0) is 16.1 Å². The Labute approximate surface area is 181 Å². The number of halogens is 1. The number of benzene rings is 2. The molecule has 0 amide bonds. The number of para-hydroxylation sites is 1. The van der Waals surface area contributed by atoms with Crippen molar-refractivity contribution in [3.05, 3.63) is 81.3 Å². The van der Waals surface area contributed by atoms with Crippen molar-refractivity contribution in [2.75, 3.05) is 7.11 Å². The van der Waals surface area contributed by atoms with E-state index in [0.29, 0.717) is 15.5 Å². The highest BCUT2D eigenvalue weighted by Crippen LogP contribution is 2.32. The van der Waals surface area contributed by atoms with Crippen molar-refractivity contribution in [1.82, 2.24) is 9.78 Å². The first-order valence-electron chi connectivity index (χ1n) is 9.06. The Morgan fingerprint density at radius 3 is 2.53 bits per heavy atom. The van der Waals surface area contributed by atoms with Gasteiger partial charge in [0.2, 0.25) is 0 Å². The average Bonchev–Trinajstić information content (AvgIpc) is 3.33. The lowest BCUT2D eigenvalue weighted by Gasteiger charge is -2.05. The lowest BCUT2D eigenvalue weighted by atomic mass is 10.1. The minimum atomic E-state index is -0.418. The van der Waals surface area contributed by atoms with Crippen LogP contribution in [0.2, 0.25) is 5.02 Å². The quantitative estimate of drug-likeness (QED) is 0.399. The van der Waals surface area contributed by atoms with Gasteiger partial charge in [-0.05, 0) is 42.8 Å². The Bertz CT molecular complexity index is 1240. The van der Waals surface area contributed by atoms with E-state index in [1.54, 1.807) is 41.1 Å². The topological polar surface area (TPSA) is 70.4 Å². The van der Waals surface area contributed by atoms with Crippen LogP contribution in [0, 0.1) is 6.92 Å². The number of esters is 2. The second-order valence-electron chi connectivity index (χ2n) is 6.54. The van der Waals surface area contributed by atoms with Gasteiger partial charge in [-0.15, -0.1) is 11.3 Å². The number of carbonyl (C=O) groups is 2. The van der Waals surface area contributed by atoms with Crippen LogP contribution in [0.15, 0.2) is 54.6 Å². The molecule has 0 aliphatic rings. The van der Waals surface area contributed by atoms with Gasteiger partial charge in [-0.1, -0.05) is 35.9 Å². The van der Waals surface area contributed by atoms with Gasteiger partial charge in [0.05, 0.1) is 29.1 Å². The molecule has 0 N–H and O–H groups in total. The number of methoxy groups -OCH3 is 1. The Morgan fingerprint density at radius 2 is 1.83 bits per heavy atom. The van der Waals surface area contributed by atoms with E-state index in [1.165, 1.54) is 18.4 Å². The molecule has 4 aromatic rings. The summed E-state index contributed by atoms with van der Waals surface area (Å²) in [7, 11) is 1.33. The zero-order valence-electron chi connectivity index (χ0n) is 16.2. The molecule has 2 aromatic heterocycles. The Morgan fingerprint density at radius 1 is 1.10 bits per heavy atom. The van der Waals surface area contributed by atoms with Gasteiger partial charge in [0.15, 0.2) is 0 Å². The molecular weight excluding hydrogens is 424 g/mol. The summed E-state index contributed by atoms with van der Waals surface area (Å²) in [5.74, 6) is -0.829. The summed E-state index contributed by atoms with van der Waals surface area (Å²) in [4.78, 5) is 25.4. The van der Waals surface area contributed by atoms with Crippen molar-refractivity contribution in [2.45, 2.75) is 13.5 Å². The molecule has 0 saturated carbocycles. The van der Waals surface area contributed by atoms with Crippen LogP contribution in [0.1, 0.15) is 31.3 Å². The molecule has 0 fully saturated rings. The first kappa shape index (κ1) is 20.1. The van der Waals surface area contributed by atoms with E-state index in [0.717, 1.165) is 27.2 Å². The zero-order valence-corrected chi connectivity index (χ0v) is 17.8. The number of rotatable bonds is 5. The van der Waals surface area contributed by atoms with E-state index in [9.17, 15) is 9.59 Å². The minimum Gasteiger partial charge on any atom is -0.465 e. The molecule has 0 aliphatic carbocycles. The highest BCUT2D eigenvalue weighted by atomic mass is 35.5. The second-order valence-corrected chi connectivity index (χ2v) is 7.98. The number of fused-ring (bicyclic) bond motifs is 1. The molecule has 0 spiro atoms. The number of hydrogen-bond acceptors (Lipinski definition) is 6. The van der Waals surface area contributed by atoms with Gasteiger partial charge in [0.1, 0.15) is 16.3 Å². The number of aryl methyl sites for hydroxylation is 1. The molecule has 0 radical (unpaired) electrons. The summed E-state index contributed by atoms with van der Waals surface area (Å²) in [5, 5.41) is 6.02.